The molecule has 0 spiro atoms. The average molecular weight is 336 g/mol. The topological polar surface area (TPSA) is 53.1 Å². The Morgan fingerprint density at radius 3 is 2.74 bits per heavy atom. The summed E-state index contributed by atoms with van der Waals surface area (Å²) in [6, 6.07) is 12.1. The highest BCUT2D eigenvalue weighted by Crippen LogP contribution is 2.31. The van der Waals surface area contributed by atoms with E-state index in [0.717, 1.165) is 32.1 Å². The van der Waals surface area contributed by atoms with E-state index in [2.05, 4.69) is 27.0 Å². The number of benzene rings is 2. The lowest BCUT2D eigenvalue weighted by Gasteiger charge is -2.07. The van der Waals surface area contributed by atoms with E-state index in [-0.39, 0.29) is 10.8 Å². The molecule has 3 aromatic rings. The molecule has 3 nitrogen and oxygen atoms in total. The highest BCUT2D eigenvalue weighted by molar-refractivity contribution is 9.10. The van der Waals surface area contributed by atoms with Crippen molar-refractivity contribution in [2.45, 2.75) is 6.42 Å². The van der Waals surface area contributed by atoms with Crippen LogP contribution in [0.5, 0.6) is 5.88 Å². The van der Waals surface area contributed by atoms with Crippen LogP contribution in [0.3, 0.4) is 0 Å². The summed E-state index contributed by atoms with van der Waals surface area (Å²) >= 11 is 4.65. The van der Waals surface area contributed by atoms with Gasteiger partial charge in [0.2, 0.25) is 5.88 Å². The Kier molecular flexibility index (Phi) is 3.16. The first-order chi connectivity index (χ1) is 9.15. The predicted octanol–water partition coefficient (Wildman–Crippen LogP) is 3.65. The number of nitrogens with one attached hydrogen (secondary N) is 1. The van der Waals surface area contributed by atoms with Crippen LogP contribution in [0.25, 0.3) is 10.8 Å². The van der Waals surface area contributed by atoms with Crippen molar-refractivity contribution in [1.82, 2.24) is 4.98 Å². The Balaban J connectivity index is 2.08. The monoisotopic (exact) mass is 335 g/mol. The van der Waals surface area contributed by atoms with Crippen LogP contribution in [-0.4, -0.2) is 10.1 Å². The second kappa shape index (κ2) is 4.83. The largest absolute Gasteiger partial charge is 0.494 e. The lowest BCUT2D eigenvalue weighted by atomic mass is 10.0. The van der Waals surface area contributed by atoms with E-state index in [9.17, 15) is 9.90 Å². The summed E-state index contributed by atoms with van der Waals surface area (Å²) in [5.41, 5.74) is 1.05. The number of H-pyrrole nitrogens is 1. The van der Waals surface area contributed by atoms with Crippen molar-refractivity contribution >= 4 is 38.0 Å². The molecule has 0 fully saturated rings. The van der Waals surface area contributed by atoms with Gasteiger partial charge in [-0.25, -0.2) is 0 Å². The van der Waals surface area contributed by atoms with Gasteiger partial charge in [0.15, 0.2) is 0 Å². The molecular weight excluding hydrogens is 326 g/mol. The number of aromatic amines is 1. The van der Waals surface area contributed by atoms with E-state index in [1.807, 2.05) is 30.3 Å². The number of hydrogen-bond acceptors (Lipinski definition) is 3. The van der Waals surface area contributed by atoms with Crippen LogP contribution in [0.4, 0.5) is 0 Å². The zero-order valence-corrected chi connectivity index (χ0v) is 12.2. The van der Waals surface area contributed by atoms with Gasteiger partial charge in [0.05, 0.1) is 4.88 Å². The van der Waals surface area contributed by atoms with Gasteiger partial charge < -0.3 is 5.11 Å². The van der Waals surface area contributed by atoms with Gasteiger partial charge in [-0.3, -0.25) is 9.78 Å². The van der Waals surface area contributed by atoms with Gasteiger partial charge in [0.25, 0.3) is 0 Å². The van der Waals surface area contributed by atoms with Gasteiger partial charge in [-0.15, -0.1) is 0 Å². The second-order valence-corrected chi connectivity index (χ2v) is 6.08. The SMILES string of the molecule is O=c1[nH]c(O)c(Cc2ccc3ccccc3c2Br)s1. The van der Waals surface area contributed by atoms with Crippen LogP contribution in [0.2, 0.25) is 0 Å². The molecule has 5 heteroatoms. The fraction of sp³-hybridized carbons (Fsp3) is 0.0714. The van der Waals surface area contributed by atoms with Crippen molar-refractivity contribution in [2.75, 3.05) is 0 Å². The van der Waals surface area contributed by atoms with E-state index in [1.54, 1.807) is 0 Å². The zero-order valence-electron chi connectivity index (χ0n) is 9.81. The summed E-state index contributed by atoms with van der Waals surface area (Å²) in [5.74, 6) is -0.0324. The van der Waals surface area contributed by atoms with Crippen molar-refractivity contribution in [2.24, 2.45) is 0 Å². The molecule has 0 unspecified atom stereocenters. The van der Waals surface area contributed by atoms with Crippen LogP contribution in [-0.2, 0) is 6.42 Å². The summed E-state index contributed by atoms with van der Waals surface area (Å²) in [6.07, 6.45) is 0.528. The first-order valence-corrected chi connectivity index (χ1v) is 7.33. The average Bonchev–Trinajstić information content (AvgIpc) is 2.72. The third kappa shape index (κ3) is 2.31. The highest BCUT2D eigenvalue weighted by atomic mass is 79.9. The number of aromatic hydroxyl groups is 1. The van der Waals surface area contributed by atoms with Gasteiger partial charge in [-0.1, -0.05) is 47.7 Å². The van der Waals surface area contributed by atoms with Gasteiger partial charge in [-0.2, -0.15) is 0 Å². The number of halogens is 1. The molecule has 2 aromatic carbocycles. The standard InChI is InChI=1S/C14H10BrNO2S/c15-12-9(7-11-13(17)16-14(18)19-11)6-5-8-3-1-2-4-10(8)12/h1-6,17H,7H2,(H,16,18). The number of aromatic nitrogens is 1. The zero-order chi connectivity index (χ0) is 13.4. The smallest absolute Gasteiger partial charge is 0.307 e. The van der Waals surface area contributed by atoms with E-state index in [1.165, 1.54) is 0 Å². The van der Waals surface area contributed by atoms with E-state index in [4.69, 9.17) is 0 Å². The Morgan fingerprint density at radius 2 is 2.00 bits per heavy atom. The molecule has 3 rings (SSSR count). The Bertz CT molecular complexity index is 807. The van der Waals surface area contributed by atoms with Crippen LogP contribution in [0, 0.1) is 0 Å². The van der Waals surface area contributed by atoms with Crippen LogP contribution in [0.1, 0.15) is 10.4 Å². The summed E-state index contributed by atoms with van der Waals surface area (Å²) < 4.78 is 1.01. The number of fused-ring (bicyclic) bond motifs is 1. The molecule has 2 N–H and O–H groups in total. The molecule has 0 aliphatic heterocycles. The minimum absolute atomic E-state index is 0.0324. The molecule has 0 aliphatic carbocycles. The van der Waals surface area contributed by atoms with Crippen molar-refractivity contribution in [3.8, 4) is 5.88 Å². The molecule has 0 bridgehead atoms. The second-order valence-electron chi connectivity index (χ2n) is 4.22. The number of rotatable bonds is 2. The van der Waals surface area contributed by atoms with Crippen LogP contribution >= 0.6 is 27.3 Å². The molecule has 0 saturated heterocycles. The highest BCUT2D eigenvalue weighted by Gasteiger charge is 2.11. The third-order valence-corrected chi connectivity index (χ3v) is 4.80. The molecule has 0 amide bonds. The number of hydrogen-bond donors (Lipinski definition) is 2. The minimum atomic E-state index is -0.232. The van der Waals surface area contributed by atoms with Gasteiger partial charge in [0.1, 0.15) is 0 Å². The summed E-state index contributed by atoms with van der Waals surface area (Å²) in [6.45, 7) is 0. The van der Waals surface area contributed by atoms with Crippen molar-refractivity contribution in [3.05, 3.63) is 61.0 Å². The molecule has 96 valence electrons. The Labute approximate surface area is 121 Å². The van der Waals surface area contributed by atoms with Crippen molar-refractivity contribution < 1.29 is 5.11 Å². The van der Waals surface area contributed by atoms with E-state index >= 15 is 0 Å². The summed E-state index contributed by atoms with van der Waals surface area (Å²) in [5, 5.41) is 11.9. The molecule has 1 heterocycles. The van der Waals surface area contributed by atoms with Crippen LogP contribution < -0.4 is 4.87 Å². The molecule has 19 heavy (non-hydrogen) atoms. The Hall–Kier alpha value is -1.59. The van der Waals surface area contributed by atoms with Crippen molar-refractivity contribution in [1.29, 1.82) is 0 Å². The van der Waals surface area contributed by atoms with E-state index < -0.39 is 0 Å². The lowest BCUT2D eigenvalue weighted by molar-refractivity contribution is 0.451. The fourth-order valence-corrected chi connectivity index (χ4v) is 3.44. The predicted molar refractivity (Wildman–Crippen MR) is 81.1 cm³/mol. The molecular formula is C14H10BrNO2S. The fourth-order valence-electron chi connectivity index (χ4n) is 2.06. The maximum absolute atomic E-state index is 11.2. The van der Waals surface area contributed by atoms with Gasteiger partial charge in [-0.05, 0) is 32.3 Å². The maximum atomic E-state index is 11.2. The number of thiazole rings is 1. The lowest BCUT2D eigenvalue weighted by Crippen LogP contribution is -1.89. The van der Waals surface area contributed by atoms with Gasteiger partial charge >= 0.3 is 4.87 Å². The Morgan fingerprint density at radius 1 is 1.21 bits per heavy atom. The normalized spacial score (nSPS) is 11.0. The van der Waals surface area contributed by atoms with Gasteiger partial charge in [0, 0.05) is 10.9 Å². The molecule has 0 radical (unpaired) electrons. The first kappa shape index (κ1) is 12.4. The maximum Gasteiger partial charge on any atom is 0.307 e. The van der Waals surface area contributed by atoms with Crippen LogP contribution in [0.15, 0.2) is 45.7 Å². The third-order valence-electron chi connectivity index (χ3n) is 2.99. The molecule has 0 saturated carbocycles. The molecule has 0 atom stereocenters. The summed E-state index contributed by atoms with van der Waals surface area (Å²) in [4.78, 5) is 14.0. The molecule has 1 aromatic heterocycles. The minimum Gasteiger partial charge on any atom is -0.494 e. The first-order valence-electron chi connectivity index (χ1n) is 5.72. The van der Waals surface area contributed by atoms with Crippen molar-refractivity contribution in [3.63, 3.8) is 0 Å². The molecule has 0 aliphatic rings. The quantitative estimate of drug-likeness (QED) is 0.751. The van der Waals surface area contributed by atoms with E-state index in [0.29, 0.717) is 11.3 Å². The summed E-state index contributed by atoms with van der Waals surface area (Å²) in [7, 11) is 0.